The van der Waals surface area contributed by atoms with Crippen LogP contribution in [-0.2, 0) is 6.54 Å². The molecular weight excluding hydrogens is 258 g/mol. The molecule has 0 unspecified atom stereocenters. The van der Waals surface area contributed by atoms with Gasteiger partial charge >= 0.3 is 6.09 Å². The van der Waals surface area contributed by atoms with Gasteiger partial charge in [0.15, 0.2) is 0 Å². The molecule has 78 valence electrons. The summed E-state index contributed by atoms with van der Waals surface area (Å²) in [7, 11) is 0. The van der Waals surface area contributed by atoms with Crippen molar-refractivity contribution in [3.05, 3.63) is 28.2 Å². The Morgan fingerprint density at radius 3 is 2.93 bits per heavy atom. The minimum absolute atomic E-state index is 0.205. The molecule has 4 heteroatoms. The summed E-state index contributed by atoms with van der Waals surface area (Å²) in [5, 5.41) is 0. The molecule has 1 aliphatic heterocycles. The third-order valence-electron chi connectivity index (χ3n) is 2.79. The average Bonchev–Trinajstić information content (AvgIpc) is 3.00. The molecule has 3 nitrogen and oxygen atoms in total. The molecule has 0 spiro atoms. The van der Waals surface area contributed by atoms with Gasteiger partial charge in [-0.1, -0.05) is 22.0 Å². The van der Waals surface area contributed by atoms with Gasteiger partial charge in [0.1, 0.15) is 5.75 Å². The second kappa shape index (κ2) is 3.23. The molecule has 1 amide bonds. The van der Waals surface area contributed by atoms with Gasteiger partial charge in [-0.15, -0.1) is 0 Å². The van der Waals surface area contributed by atoms with Gasteiger partial charge in [0.25, 0.3) is 0 Å². The zero-order valence-electron chi connectivity index (χ0n) is 8.07. The van der Waals surface area contributed by atoms with Gasteiger partial charge in [0.05, 0.1) is 6.54 Å². The van der Waals surface area contributed by atoms with Crippen molar-refractivity contribution in [2.45, 2.75) is 25.4 Å². The number of fused-ring (bicyclic) bond motifs is 1. The summed E-state index contributed by atoms with van der Waals surface area (Å²) in [4.78, 5) is 13.5. The molecule has 0 radical (unpaired) electrons. The van der Waals surface area contributed by atoms with Crippen molar-refractivity contribution in [3.8, 4) is 5.75 Å². The maximum atomic E-state index is 11.6. The Morgan fingerprint density at radius 1 is 1.40 bits per heavy atom. The minimum atomic E-state index is -0.205. The van der Waals surface area contributed by atoms with E-state index in [9.17, 15) is 4.79 Å². The number of ether oxygens (including phenoxy) is 1. The number of amides is 1. The number of rotatable bonds is 1. The van der Waals surface area contributed by atoms with E-state index < -0.39 is 0 Å². The summed E-state index contributed by atoms with van der Waals surface area (Å²) < 4.78 is 6.22. The highest BCUT2D eigenvalue weighted by atomic mass is 79.9. The van der Waals surface area contributed by atoms with Gasteiger partial charge in [-0.25, -0.2) is 4.79 Å². The van der Waals surface area contributed by atoms with Gasteiger partial charge in [-0.2, -0.15) is 0 Å². The predicted molar refractivity (Wildman–Crippen MR) is 58.7 cm³/mol. The van der Waals surface area contributed by atoms with Crippen LogP contribution in [0.1, 0.15) is 18.4 Å². The minimum Gasteiger partial charge on any atom is -0.410 e. The number of halogens is 1. The number of benzene rings is 1. The molecule has 1 aromatic carbocycles. The first-order valence-corrected chi connectivity index (χ1v) is 5.80. The third-order valence-corrected chi connectivity index (χ3v) is 3.28. The second-order valence-electron chi connectivity index (χ2n) is 3.98. The Morgan fingerprint density at radius 2 is 2.20 bits per heavy atom. The van der Waals surface area contributed by atoms with Crippen LogP contribution in [0.25, 0.3) is 0 Å². The Balaban J connectivity index is 1.94. The van der Waals surface area contributed by atoms with Gasteiger partial charge < -0.3 is 9.64 Å². The fourth-order valence-electron chi connectivity index (χ4n) is 1.82. The van der Waals surface area contributed by atoms with Crippen molar-refractivity contribution < 1.29 is 9.53 Å². The SMILES string of the molecule is O=C1Oc2cc(Br)ccc2CN1C1CC1. The number of hydrogen-bond acceptors (Lipinski definition) is 2. The van der Waals surface area contributed by atoms with Crippen molar-refractivity contribution in [3.63, 3.8) is 0 Å². The molecule has 0 bridgehead atoms. The van der Waals surface area contributed by atoms with Crippen LogP contribution in [0.3, 0.4) is 0 Å². The van der Waals surface area contributed by atoms with E-state index in [1.807, 2.05) is 23.1 Å². The van der Waals surface area contributed by atoms with Crippen molar-refractivity contribution in [2.24, 2.45) is 0 Å². The van der Waals surface area contributed by atoms with E-state index in [4.69, 9.17) is 4.74 Å². The topological polar surface area (TPSA) is 29.5 Å². The summed E-state index contributed by atoms with van der Waals surface area (Å²) >= 11 is 3.36. The van der Waals surface area contributed by atoms with Crippen LogP contribution in [0.2, 0.25) is 0 Å². The van der Waals surface area contributed by atoms with E-state index in [0.29, 0.717) is 18.3 Å². The maximum Gasteiger partial charge on any atom is 0.415 e. The second-order valence-corrected chi connectivity index (χ2v) is 4.89. The highest BCUT2D eigenvalue weighted by molar-refractivity contribution is 9.10. The molecule has 1 fully saturated rings. The standard InChI is InChI=1S/C11H10BrNO2/c12-8-2-1-7-6-13(9-3-4-9)11(14)15-10(7)5-8/h1-2,5,9H,3-4,6H2. The normalized spacial score (nSPS) is 19.8. The van der Waals surface area contributed by atoms with E-state index in [1.165, 1.54) is 0 Å². The Hall–Kier alpha value is -1.03. The largest absolute Gasteiger partial charge is 0.415 e. The van der Waals surface area contributed by atoms with E-state index in [-0.39, 0.29) is 6.09 Å². The van der Waals surface area contributed by atoms with Crippen molar-refractivity contribution >= 4 is 22.0 Å². The zero-order chi connectivity index (χ0) is 10.4. The monoisotopic (exact) mass is 267 g/mol. The summed E-state index contributed by atoms with van der Waals surface area (Å²) in [5.74, 6) is 0.686. The molecular formula is C11H10BrNO2. The Bertz CT molecular complexity index is 429. The lowest BCUT2D eigenvalue weighted by Crippen LogP contribution is -2.38. The first-order valence-electron chi connectivity index (χ1n) is 5.01. The molecule has 0 aromatic heterocycles. The molecule has 1 aromatic rings. The highest BCUT2D eigenvalue weighted by Gasteiger charge is 2.36. The molecule has 2 aliphatic rings. The lowest BCUT2D eigenvalue weighted by Gasteiger charge is -2.27. The van der Waals surface area contributed by atoms with Crippen molar-refractivity contribution in [1.82, 2.24) is 4.90 Å². The Kier molecular flexibility index (Phi) is 1.99. The van der Waals surface area contributed by atoms with E-state index in [2.05, 4.69) is 15.9 Å². The van der Waals surface area contributed by atoms with Gasteiger partial charge in [-0.05, 0) is 25.0 Å². The summed E-state index contributed by atoms with van der Waals surface area (Å²) in [5.41, 5.74) is 1.09. The lowest BCUT2D eigenvalue weighted by atomic mass is 10.1. The number of carbonyl (C=O) groups is 1. The van der Waals surface area contributed by atoms with Crippen molar-refractivity contribution in [1.29, 1.82) is 0 Å². The van der Waals surface area contributed by atoms with Crippen LogP contribution in [0, 0.1) is 0 Å². The highest BCUT2D eigenvalue weighted by Crippen LogP contribution is 2.35. The Labute approximate surface area is 96.1 Å². The zero-order valence-corrected chi connectivity index (χ0v) is 9.66. The van der Waals surface area contributed by atoms with Crippen molar-refractivity contribution in [2.75, 3.05) is 0 Å². The molecule has 0 N–H and O–H groups in total. The van der Waals surface area contributed by atoms with Gasteiger partial charge in [-0.3, -0.25) is 0 Å². The predicted octanol–water partition coefficient (Wildman–Crippen LogP) is 2.93. The molecule has 3 rings (SSSR count). The first-order chi connectivity index (χ1) is 7.24. The van der Waals surface area contributed by atoms with Crippen LogP contribution in [0.4, 0.5) is 4.79 Å². The van der Waals surface area contributed by atoms with Crippen LogP contribution in [-0.4, -0.2) is 17.0 Å². The van der Waals surface area contributed by atoms with Crippen LogP contribution >= 0.6 is 15.9 Å². The quantitative estimate of drug-likeness (QED) is 0.783. The lowest BCUT2D eigenvalue weighted by molar-refractivity contribution is 0.135. The van der Waals surface area contributed by atoms with Gasteiger partial charge in [0, 0.05) is 16.1 Å². The molecule has 0 saturated heterocycles. The third kappa shape index (κ3) is 1.63. The van der Waals surface area contributed by atoms with Crippen LogP contribution < -0.4 is 4.74 Å². The van der Waals surface area contributed by atoms with Crippen LogP contribution in [0.15, 0.2) is 22.7 Å². The maximum absolute atomic E-state index is 11.6. The summed E-state index contributed by atoms with van der Waals surface area (Å²) in [6, 6.07) is 6.23. The van der Waals surface area contributed by atoms with E-state index in [0.717, 1.165) is 22.9 Å². The summed E-state index contributed by atoms with van der Waals surface area (Å²) in [6.07, 6.45) is 2.02. The fraction of sp³-hybridized carbons (Fsp3) is 0.364. The van der Waals surface area contributed by atoms with Crippen LogP contribution in [0.5, 0.6) is 5.75 Å². The molecule has 1 saturated carbocycles. The molecule has 1 heterocycles. The molecule has 0 atom stereocenters. The number of carbonyl (C=O) groups excluding carboxylic acids is 1. The summed E-state index contributed by atoms with van der Waals surface area (Å²) in [6.45, 7) is 0.687. The van der Waals surface area contributed by atoms with E-state index >= 15 is 0 Å². The number of nitrogens with zero attached hydrogens (tertiary/aromatic N) is 1. The number of hydrogen-bond donors (Lipinski definition) is 0. The molecule has 15 heavy (non-hydrogen) atoms. The van der Waals surface area contributed by atoms with Gasteiger partial charge in [0.2, 0.25) is 0 Å². The average molecular weight is 268 g/mol. The smallest absolute Gasteiger partial charge is 0.410 e. The molecule has 1 aliphatic carbocycles. The fourth-order valence-corrected chi connectivity index (χ4v) is 2.16. The first kappa shape index (κ1) is 9.21. The van der Waals surface area contributed by atoms with E-state index in [1.54, 1.807) is 0 Å².